The zero-order valence-electron chi connectivity index (χ0n) is 11.8. The Bertz CT molecular complexity index is 647. The first-order valence-corrected chi connectivity index (χ1v) is 6.74. The highest BCUT2D eigenvalue weighted by molar-refractivity contribution is 6.30. The number of nitrogens with zero attached hydrogens (tertiary/aromatic N) is 1. The highest BCUT2D eigenvalue weighted by atomic mass is 35.5. The minimum atomic E-state index is -0.245. The van der Waals surface area contributed by atoms with Gasteiger partial charge in [0.15, 0.2) is 0 Å². The van der Waals surface area contributed by atoms with Crippen molar-refractivity contribution < 1.29 is 9.53 Å². The van der Waals surface area contributed by atoms with Crippen LogP contribution in [0, 0.1) is 0 Å². The summed E-state index contributed by atoms with van der Waals surface area (Å²) < 4.78 is 5.07. The molecule has 1 amide bonds. The number of anilines is 2. The molecular weight excluding hydrogens is 290 g/mol. The van der Waals surface area contributed by atoms with E-state index in [4.69, 9.17) is 16.3 Å². The van der Waals surface area contributed by atoms with E-state index in [2.05, 4.69) is 15.6 Å². The highest BCUT2D eigenvalue weighted by Crippen LogP contribution is 2.17. The molecule has 0 fully saturated rings. The summed E-state index contributed by atoms with van der Waals surface area (Å²) in [6.45, 7) is 0.495. The molecule has 110 valence electrons. The van der Waals surface area contributed by atoms with Crippen molar-refractivity contribution in [1.82, 2.24) is 4.98 Å². The van der Waals surface area contributed by atoms with Crippen molar-refractivity contribution in [3.05, 3.63) is 52.7 Å². The zero-order valence-corrected chi connectivity index (χ0v) is 12.6. The van der Waals surface area contributed by atoms with Gasteiger partial charge in [0.1, 0.15) is 11.0 Å². The molecule has 0 saturated heterocycles. The molecule has 6 heteroatoms. The van der Waals surface area contributed by atoms with Gasteiger partial charge in [-0.05, 0) is 29.8 Å². The quantitative estimate of drug-likeness (QED) is 0.833. The van der Waals surface area contributed by atoms with E-state index in [1.54, 1.807) is 20.2 Å². The monoisotopic (exact) mass is 305 g/mol. The van der Waals surface area contributed by atoms with Gasteiger partial charge in [-0.15, -0.1) is 0 Å². The number of carbonyl (C=O) groups is 1. The lowest BCUT2D eigenvalue weighted by Gasteiger charge is -2.08. The molecule has 1 aromatic heterocycles. The molecule has 2 N–H and O–H groups in total. The maximum Gasteiger partial charge on any atom is 0.255 e. The molecule has 1 heterocycles. The molecule has 21 heavy (non-hydrogen) atoms. The number of aromatic nitrogens is 1. The molecule has 0 aliphatic carbocycles. The van der Waals surface area contributed by atoms with E-state index < -0.39 is 0 Å². The predicted molar refractivity (Wildman–Crippen MR) is 83.9 cm³/mol. The number of ether oxygens (including phenoxy) is 1. The van der Waals surface area contributed by atoms with E-state index in [0.29, 0.717) is 23.7 Å². The minimum absolute atomic E-state index is 0.245. The molecule has 1 aromatic carbocycles. The molecule has 0 radical (unpaired) electrons. The highest BCUT2D eigenvalue weighted by Gasteiger charge is 2.09. The van der Waals surface area contributed by atoms with Gasteiger partial charge in [0.2, 0.25) is 0 Å². The number of amides is 1. The summed E-state index contributed by atoms with van der Waals surface area (Å²) in [5.74, 6) is 0.297. The van der Waals surface area contributed by atoms with Gasteiger partial charge >= 0.3 is 0 Å². The lowest BCUT2D eigenvalue weighted by atomic mass is 10.2. The maximum atomic E-state index is 12.2. The zero-order chi connectivity index (χ0) is 15.2. The van der Waals surface area contributed by atoms with Crippen molar-refractivity contribution in [2.45, 2.75) is 6.61 Å². The Balaban J connectivity index is 2.17. The first-order valence-electron chi connectivity index (χ1n) is 6.37. The third-order valence-electron chi connectivity index (χ3n) is 2.81. The summed E-state index contributed by atoms with van der Waals surface area (Å²) in [4.78, 5) is 16.3. The topological polar surface area (TPSA) is 63.2 Å². The second-order valence-electron chi connectivity index (χ2n) is 4.40. The Morgan fingerprint density at radius 3 is 2.86 bits per heavy atom. The average molecular weight is 306 g/mol. The van der Waals surface area contributed by atoms with Crippen LogP contribution in [-0.4, -0.2) is 25.0 Å². The summed E-state index contributed by atoms with van der Waals surface area (Å²) in [5.41, 5.74) is 2.13. The van der Waals surface area contributed by atoms with Gasteiger partial charge in [-0.2, -0.15) is 0 Å². The number of methoxy groups -OCH3 is 1. The van der Waals surface area contributed by atoms with Gasteiger partial charge in [0, 0.05) is 25.4 Å². The summed E-state index contributed by atoms with van der Waals surface area (Å²) in [5, 5.41) is 5.95. The van der Waals surface area contributed by atoms with Crippen LogP contribution in [0.2, 0.25) is 5.15 Å². The van der Waals surface area contributed by atoms with E-state index in [0.717, 1.165) is 5.56 Å². The van der Waals surface area contributed by atoms with Crippen LogP contribution in [-0.2, 0) is 11.3 Å². The predicted octanol–water partition coefficient (Wildman–Crippen LogP) is 3.18. The number of nitrogens with one attached hydrogen (secondary N) is 2. The fourth-order valence-corrected chi connectivity index (χ4v) is 2.07. The maximum absolute atomic E-state index is 12.2. The second kappa shape index (κ2) is 7.06. The van der Waals surface area contributed by atoms with Gasteiger partial charge < -0.3 is 15.4 Å². The first kappa shape index (κ1) is 15.3. The Morgan fingerprint density at radius 2 is 2.14 bits per heavy atom. The van der Waals surface area contributed by atoms with Gasteiger partial charge in [-0.3, -0.25) is 4.79 Å². The van der Waals surface area contributed by atoms with Crippen LogP contribution in [0.4, 0.5) is 11.5 Å². The first-order chi connectivity index (χ1) is 10.1. The van der Waals surface area contributed by atoms with Crippen molar-refractivity contribution >= 4 is 29.0 Å². The molecule has 0 unspecified atom stereocenters. The Hall–Kier alpha value is -2.11. The Labute approximate surface area is 128 Å². The summed E-state index contributed by atoms with van der Waals surface area (Å²) in [6, 6.07) is 10.6. The fraction of sp³-hybridized carbons (Fsp3) is 0.200. The van der Waals surface area contributed by atoms with Gasteiger partial charge in [-0.1, -0.05) is 23.7 Å². The van der Waals surface area contributed by atoms with Crippen LogP contribution in [0.3, 0.4) is 0 Å². The minimum Gasteiger partial charge on any atom is -0.380 e. The van der Waals surface area contributed by atoms with Gasteiger partial charge in [0.05, 0.1) is 6.61 Å². The molecule has 2 aromatic rings. The SMILES string of the molecule is CNc1cc(C(=O)Nc2cccc(COC)c2)cc(Cl)n1. The standard InChI is InChI=1S/C15H16ClN3O2/c1-17-14-8-11(7-13(16)19-14)15(20)18-12-5-3-4-10(6-12)9-21-2/h3-8H,9H2,1-2H3,(H,17,19)(H,18,20). The van der Waals surface area contributed by atoms with E-state index in [-0.39, 0.29) is 11.1 Å². The van der Waals surface area contributed by atoms with Crippen molar-refractivity contribution in [1.29, 1.82) is 0 Å². The number of pyridine rings is 1. The number of carbonyl (C=O) groups excluding carboxylic acids is 1. The van der Waals surface area contributed by atoms with Crippen molar-refractivity contribution in [3.8, 4) is 0 Å². The number of benzene rings is 1. The van der Waals surface area contributed by atoms with Crippen LogP contribution in [0.15, 0.2) is 36.4 Å². The summed E-state index contributed by atoms with van der Waals surface area (Å²) in [7, 11) is 3.35. The van der Waals surface area contributed by atoms with Crippen LogP contribution >= 0.6 is 11.6 Å². The summed E-state index contributed by atoms with van der Waals surface area (Å²) in [6.07, 6.45) is 0. The molecule has 0 saturated carbocycles. The smallest absolute Gasteiger partial charge is 0.255 e. The number of rotatable bonds is 5. The number of hydrogen-bond acceptors (Lipinski definition) is 4. The van der Waals surface area contributed by atoms with E-state index in [1.807, 2.05) is 24.3 Å². The Morgan fingerprint density at radius 1 is 1.33 bits per heavy atom. The largest absolute Gasteiger partial charge is 0.380 e. The Kier molecular flexibility index (Phi) is 5.14. The normalized spacial score (nSPS) is 10.2. The third-order valence-corrected chi connectivity index (χ3v) is 3.00. The second-order valence-corrected chi connectivity index (χ2v) is 4.79. The molecule has 0 bridgehead atoms. The number of halogens is 1. The average Bonchev–Trinajstić information content (AvgIpc) is 2.47. The lowest BCUT2D eigenvalue weighted by molar-refractivity contribution is 0.102. The van der Waals surface area contributed by atoms with E-state index >= 15 is 0 Å². The molecule has 0 spiro atoms. The number of hydrogen-bond donors (Lipinski definition) is 2. The molecule has 5 nitrogen and oxygen atoms in total. The van der Waals surface area contributed by atoms with Gasteiger partial charge in [0.25, 0.3) is 5.91 Å². The molecular formula is C15H16ClN3O2. The van der Waals surface area contributed by atoms with Crippen LogP contribution in [0.5, 0.6) is 0 Å². The van der Waals surface area contributed by atoms with Crippen molar-refractivity contribution in [2.24, 2.45) is 0 Å². The van der Waals surface area contributed by atoms with Crippen LogP contribution in [0.1, 0.15) is 15.9 Å². The van der Waals surface area contributed by atoms with E-state index in [9.17, 15) is 4.79 Å². The molecule has 0 atom stereocenters. The molecule has 0 aliphatic heterocycles. The molecule has 2 rings (SSSR count). The van der Waals surface area contributed by atoms with Crippen LogP contribution in [0.25, 0.3) is 0 Å². The van der Waals surface area contributed by atoms with Crippen molar-refractivity contribution in [2.75, 3.05) is 24.8 Å². The van der Waals surface area contributed by atoms with E-state index in [1.165, 1.54) is 6.07 Å². The third kappa shape index (κ3) is 4.18. The fourth-order valence-electron chi connectivity index (χ4n) is 1.86. The molecule has 0 aliphatic rings. The van der Waals surface area contributed by atoms with Crippen LogP contribution < -0.4 is 10.6 Å². The lowest BCUT2D eigenvalue weighted by Crippen LogP contribution is -2.13. The van der Waals surface area contributed by atoms with Crippen molar-refractivity contribution in [3.63, 3.8) is 0 Å². The van der Waals surface area contributed by atoms with Gasteiger partial charge in [-0.25, -0.2) is 4.98 Å². The summed E-state index contributed by atoms with van der Waals surface area (Å²) >= 11 is 5.89.